The van der Waals surface area contributed by atoms with Crippen LogP contribution in [0.5, 0.6) is 5.75 Å². The fourth-order valence-electron chi connectivity index (χ4n) is 2.06. The van der Waals surface area contributed by atoms with Gasteiger partial charge in [0.1, 0.15) is 11.6 Å². The van der Waals surface area contributed by atoms with Crippen LogP contribution < -0.4 is 10.5 Å². The first-order valence-electron chi connectivity index (χ1n) is 6.13. The minimum absolute atomic E-state index is 0.0497. The molecule has 0 spiro atoms. The monoisotopic (exact) mass is 330 g/mol. The van der Waals surface area contributed by atoms with E-state index in [0.717, 1.165) is 6.42 Å². The molecule has 0 aromatic heterocycles. The quantitative estimate of drug-likeness (QED) is 0.921. The number of hydrogen-bond acceptors (Lipinski definition) is 3. The Bertz CT molecular complexity index is 484. The summed E-state index contributed by atoms with van der Waals surface area (Å²) < 4.78 is 19.0. The molecule has 2 N–H and O–H groups in total. The van der Waals surface area contributed by atoms with Gasteiger partial charge in [-0.1, -0.05) is 0 Å². The Morgan fingerprint density at radius 3 is 2.95 bits per heavy atom. The number of likely N-dealkylation sites (tertiary alicyclic amines) is 1. The van der Waals surface area contributed by atoms with E-state index in [2.05, 4.69) is 15.9 Å². The zero-order valence-corrected chi connectivity index (χ0v) is 12.2. The van der Waals surface area contributed by atoms with Gasteiger partial charge >= 0.3 is 0 Å². The average Bonchev–Trinajstić information content (AvgIpc) is 2.78. The van der Waals surface area contributed by atoms with E-state index in [0.29, 0.717) is 23.3 Å². The smallest absolute Gasteiger partial charge is 0.263 e. The molecule has 1 aliphatic heterocycles. The molecule has 0 bridgehead atoms. The van der Waals surface area contributed by atoms with Crippen LogP contribution in [0.1, 0.15) is 13.3 Å². The fraction of sp³-hybridized carbons (Fsp3) is 0.462. The van der Waals surface area contributed by atoms with Crippen LogP contribution in [-0.4, -0.2) is 36.0 Å². The van der Waals surface area contributed by atoms with Gasteiger partial charge in [0, 0.05) is 19.1 Å². The Hall–Kier alpha value is -1.14. The summed E-state index contributed by atoms with van der Waals surface area (Å²) in [5.41, 5.74) is 5.77. The Labute approximate surface area is 119 Å². The Balaban J connectivity index is 2.00. The number of carbonyl (C=O) groups is 1. The van der Waals surface area contributed by atoms with Crippen molar-refractivity contribution in [1.29, 1.82) is 0 Å². The van der Waals surface area contributed by atoms with Gasteiger partial charge in [-0.05, 0) is 47.5 Å². The SMILES string of the molecule is C[C@@H](Oc1ccc(F)cc1Br)C(=O)N1CC[C@@H](N)C1. The maximum absolute atomic E-state index is 13.0. The van der Waals surface area contributed by atoms with Crippen molar-refractivity contribution < 1.29 is 13.9 Å². The third-order valence-corrected chi connectivity index (χ3v) is 3.70. The number of halogens is 2. The highest BCUT2D eigenvalue weighted by Gasteiger charge is 2.28. The number of benzene rings is 1. The van der Waals surface area contributed by atoms with Crippen molar-refractivity contribution >= 4 is 21.8 Å². The molecule has 2 atom stereocenters. The summed E-state index contributed by atoms with van der Waals surface area (Å²) in [6.45, 7) is 2.91. The predicted octanol–water partition coefficient (Wildman–Crippen LogP) is 1.92. The van der Waals surface area contributed by atoms with E-state index in [-0.39, 0.29) is 17.8 Å². The van der Waals surface area contributed by atoms with Gasteiger partial charge in [-0.15, -0.1) is 0 Å². The minimum atomic E-state index is -0.618. The Morgan fingerprint density at radius 2 is 2.37 bits per heavy atom. The summed E-state index contributed by atoms with van der Waals surface area (Å²) >= 11 is 3.21. The van der Waals surface area contributed by atoms with Gasteiger partial charge in [0.15, 0.2) is 6.10 Å². The number of nitrogens with two attached hydrogens (primary N) is 1. The molecule has 0 unspecified atom stereocenters. The number of amides is 1. The lowest BCUT2D eigenvalue weighted by Crippen LogP contribution is -2.40. The summed E-state index contributed by atoms with van der Waals surface area (Å²) in [6.07, 6.45) is 0.200. The van der Waals surface area contributed by atoms with Gasteiger partial charge in [-0.2, -0.15) is 0 Å². The molecular formula is C13H16BrFN2O2. The zero-order valence-electron chi connectivity index (χ0n) is 10.6. The third kappa shape index (κ3) is 3.45. The van der Waals surface area contributed by atoms with Crippen molar-refractivity contribution in [3.8, 4) is 5.75 Å². The highest BCUT2D eigenvalue weighted by molar-refractivity contribution is 9.10. The van der Waals surface area contributed by atoms with Crippen LogP contribution in [-0.2, 0) is 4.79 Å². The number of hydrogen-bond donors (Lipinski definition) is 1. The standard InChI is InChI=1S/C13H16BrFN2O2/c1-8(13(18)17-5-4-10(16)7-17)19-12-3-2-9(15)6-11(12)14/h2-3,6,8,10H,4-5,7,16H2,1H3/t8-,10-/m1/s1. The van der Waals surface area contributed by atoms with Crippen LogP contribution in [0.15, 0.2) is 22.7 Å². The predicted molar refractivity (Wildman–Crippen MR) is 73.4 cm³/mol. The zero-order chi connectivity index (χ0) is 14.0. The lowest BCUT2D eigenvalue weighted by Gasteiger charge is -2.22. The number of rotatable bonds is 3. The van der Waals surface area contributed by atoms with Crippen LogP contribution in [0.25, 0.3) is 0 Å². The average molecular weight is 331 g/mol. The molecule has 1 aromatic carbocycles. The van der Waals surface area contributed by atoms with Crippen molar-refractivity contribution in [1.82, 2.24) is 4.90 Å². The van der Waals surface area contributed by atoms with Crippen molar-refractivity contribution in [2.75, 3.05) is 13.1 Å². The first-order valence-corrected chi connectivity index (χ1v) is 6.92. The molecule has 1 aromatic rings. The molecule has 104 valence electrons. The van der Waals surface area contributed by atoms with Gasteiger partial charge < -0.3 is 15.4 Å². The van der Waals surface area contributed by atoms with E-state index < -0.39 is 6.10 Å². The lowest BCUT2D eigenvalue weighted by atomic mass is 10.3. The molecule has 1 amide bonds. The largest absolute Gasteiger partial charge is 0.480 e. The van der Waals surface area contributed by atoms with E-state index >= 15 is 0 Å². The minimum Gasteiger partial charge on any atom is -0.480 e. The molecular weight excluding hydrogens is 315 g/mol. The van der Waals surface area contributed by atoms with Crippen molar-refractivity contribution in [2.45, 2.75) is 25.5 Å². The molecule has 4 nitrogen and oxygen atoms in total. The molecule has 1 aliphatic rings. The molecule has 6 heteroatoms. The van der Waals surface area contributed by atoms with Gasteiger partial charge in [-0.25, -0.2) is 4.39 Å². The van der Waals surface area contributed by atoms with Gasteiger partial charge in [0.2, 0.25) is 0 Å². The highest BCUT2D eigenvalue weighted by atomic mass is 79.9. The molecule has 2 rings (SSSR count). The second-order valence-electron chi connectivity index (χ2n) is 4.67. The van der Waals surface area contributed by atoms with Gasteiger partial charge in [-0.3, -0.25) is 4.79 Å². The van der Waals surface area contributed by atoms with Crippen molar-refractivity contribution in [2.24, 2.45) is 5.73 Å². The van der Waals surface area contributed by atoms with E-state index in [1.807, 2.05) is 0 Å². The summed E-state index contributed by atoms with van der Waals surface area (Å²) in [5, 5.41) is 0. The van der Waals surface area contributed by atoms with Crippen molar-refractivity contribution in [3.63, 3.8) is 0 Å². The van der Waals surface area contributed by atoms with Crippen LogP contribution in [0, 0.1) is 5.82 Å². The third-order valence-electron chi connectivity index (χ3n) is 3.08. The molecule has 0 saturated carbocycles. The Kier molecular flexibility index (Phi) is 4.42. The second kappa shape index (κ2) is 5.88. The van der Waals surface area contributed by atoms with Crippen LogP contribution in [0.3, 0.4) is 0 Å². The van der Waals surface area contributed by atoms with E-state index in [9.17, 15) is 9.18 Å². The van der Waals surface area contributed by atoms with E-state index in [1.54, 1.807) is 11.8 Å². The molecule has 1 heterocycles. The fourth-order valence-corrected chi connectivity index (χ4v) is 2.50. The Morgan fingerprint density at radius 1 is 1.63 bits per heavy atom. The van der Waals surface area contributed by atoms with Crippen LogP contribution >= 0.6 is 15.9 Å². The molecule has 19 heavy (non-hydrogen) atoms. The first kappa shape index (κ1) is 14.3. The van der Waals surface area contributed by atoms with Gasteiger partial charge in [0.25, 0.3) is 5.91 Å². The number of nitrogens with zero attached hydrogens (tertiary/aromatic N) is 1. The van der Waals surface area contributed by atoms with Crippen LogP contribution in [0.4, 0.5) is 4.39 Å². The molecule has 0 radical (unpaired) electrons. The number of carbonyl (C=O) groups excluding carboxylic acids is 1. The summed E-state index contributed by atoms with van der Waals surface area (Å²) in [4.78, 5) is 13.8. The topological polar surface area (TPSA) is 55.6 Å². The molecule has 1 saturated heterocycles. The first-order chi connectivity index (χ1) is 8.97. The van der Waals surface area contributed by atoms with Crippen LogP contribution in [0.2, 0.25) is 0 Å². The maximum Gasteiger partial charge on any atom is 0.263 e. The second-order valence-corrected chi connectivity index (χ2v) is 5.52. The van der Waals surface area contributed by atoms with Gasteiger partial charge in [0.05, 0.1) is 4.47 Å². The number of ether oxygens (including phenoxy) is 1. The van der Waals surface area contributed by atoms with E-state index in [4.69, 9.17) is 10.5 Å². The summed E-state index contributed by atoms with van der Waals surface area (Å²) in [6, 6.07) is 4.15. The van der Waals surface area contributed by atoms with Crippen molar-refractivity contribution in [3.05, 3.63) is 28.5 Å². The molecule has 0 aliphatic carbocycles. The maximum atomic E-state index is 13.0. The van der Waals surface area contributed by atoms with E-state index in [1.165, 1.54) is 18.2 Å². The lowest BCUT2D eigenvalue weighted by molar-refractivity contribution is -0.136. The highest BCUT2D eigenvalue weighted by Crippen LogP contribution is 2.26. The molecule has 1 fully saturated rings. The normalized spacial score (nSPS) is 20.4. The summed E-state index contributed by atoms with van der Waals surface area (Å²) in [5.74, 6) is -0.00126. The summed E-state index contributed by atoms with van der Waals surface area (Å²) in [7, 11) is 0.